The summed E-state index contributed by atoms with van der Waals surface area (Å²) in [4.78, 5) is 22.5. The monoisotopic (exact) mass is 400 g/mol. The third-order valence-corrected chi connectivity index (χ3v) is 6.06. The van der Waals surface area contributed by atoms with Gasteiger partial charge in [0.1, 0.15) is 4.32 Å². The van der Waals surface area contributed by atoms with E-state index in [1.54, 1.807) is 0 Å². The lowest BCUT2D eigenvalue weighted by molar-refractivity contribution is -0.150. The number of hydrogen-bond acceptors (Lipinski definition) is 2. The van der Waals surface area contributed by atoms with Gasteiger partial charge in [-0.05, 0) is 6.42 Å². The van der Waals surface area contributed by atoms with Crippen molar-refractivity contribution in [3.8, 4) is 0 Å². The van der Waals surface area contributed by atoms with Crippen molar-refractivity contribution >= 4 is 43.8 Å². The predicted molar refractivity (Wildman–Crippen MR) is 82.2 cm³/mol. The molecular formula is C13H22Br2O4. The molecule has 19 heavy (non-hydrogen) atoms. The Morgan fingerprint density at radius 1 is 1.11 bits per heavy atom. The van der Waals surface area contributed by atoms with Crippen LogP contribution in [0.1, 0.15) is 51.9 Å². The van der Waals surface area contributed by atoms with Crippen molar-refractivity contribution in [3.05, 3.63) is 0 Å². The van der Waals surface area contributed by atoms with Gasteiger partial charge in [-0.1, -0.05) is 77.3 Å². The van der Waals surface area contributed by atoms with E-state index in [1.165, 1.54) is 12.8 Å². The third kappa shape index (κ3) is 6.25. The van der Waals surface area contributed by atoms with Gasteiger partial charge in [0.05, 0.1) is 5.92 Å². The number of alkyl halides is 2. The van der Waals surface area contributed by atoms with Crippen LogP contribution in [0.2, 0.25) is 0 Å². The van der Waals surface area contributed by atoms with Crippen LogP contribution in [0.4, 0.5) is 0 Å². The Bertz CT molecular complexity index is 296. The topological polar surface area (TPSA) is 74.6 Å². The fourth-order valence-electron chi connectivity index (χ4n) is 1.98. The smallest absolute Gasteiger partial charge is 0.322 e. The summed E-state index contributed by atoms with van der Waals surface area (Å²) < 4.78 is -1.43. The highest BCUT2D eigenvalue weighted by atomic mass is 79.9. The van der Waals surface area contributed by atoms with E-state index in [0.29, 0.717) is 6.42 Å². The van der Waals surface area contributed by atoms with E-state index < -0.39 is 22.2 Å². The molecule has 0 aliphatic rings. The molecular weight excluding hydrogens is 380 g/mol. The Hall–Kier alpha value is -0.100. The second-order valence-electron chi connectivity index (χ2n) is 4.75. The Kier molecular flexibility index (Phi) is 9.70. The molecule has 0 radical (unpaired) electrons. The van der Waals surface area contributed by atoms with Crippen molar-refractivity contribution in [1.29, 1.82) is 0 Å². The maximum Gasteiger partial charge on any atom is 0.322 e. The molecule has 0 aromatic carbocycles. The van der Waals surface area contributed by atoms with E-state index in [2.05, 4.69) is 38.8 Å². The second kappa shape index (κ2) is 9.75. The van der Waals surface area contributed by atoms with Crippen LogP contribution in [0.3, 0.4) is 0 Å². The van der Waals surface area contributed by atoms with Gasteiger partial charge in [-0.3, -0.25) is 9.59 Å². The van der Waals surface area contributed by atoms with Crippen LogP contribution in [-0.2, 0) is 9.59 Å². The molecule has 0 rings (SSSR count). The first-order chi connectivity index (χ1) is 8.90. The van der Waals surface area contributed by atoms with E-state index >= 15 is 0 Å². The molecule has 112 valence electrons. The number of rotatable bonds is 11. The number of carbonyl (C=O) groups is 2. The Morgan fingerprint density at radius 2 is 1.63 bits per heavy atom. The fraction of sp³-hybridized carbons (Fsp3) is 0.846. The number of halogens is 2. The minimum absolute atomic E-state index is 0.0716. The maximum absolute atomic E-state index is 11.3. The number of unbranched alkanes of at least 4 members (excludes halogenated alkanes) is 5. The van der Waals surface area contributed by atoms with Gasteiger partial charge < -0.3 is 10.2 Å². The molecule has 0 aliphatic heterocycles. The van der Waals surface area contributed by atoms with Gasteiger partial charge >= 0.3 is 11.9 Å². The van der Waals surface area contributed by atoms with E-state index in [0.717, 1.165) is 25.7 Å². The molecule has 0 amide bonds. The van der Waals surface area contributed by atoms with Crippen molar-refractivity contribution in [1.82, 2.24) is 0 Å². The summed E-state index contributed by atoms with van der Waals surface area (Å²) in [7, 11) is 0. The molecule has 2 atom stereocenters. The first kappa shape index (κ1) is 18.9. The summed E-state index contributed by atoms with van der Waals surface area (Å²) in [6.45, 7) is 2.14. The van der Waals surface area contributed by atoms with Crippen LogP contribution >= 0.6 is 31.9 Å². The standard InChI is InChI=1S/C13H22Br2O4/c1-2-3-4-5-6-7-8-10(11(16)17)13(15,9-14)12(18)19/h10H,2-9H2,1H3,(H,16,17)(H,18,19). The van der Waals surface area contributed by atoms with E-state index in [1.807, 2.05) is 0 Å². The van der Waals surface area contributed by atoms with Gasteiger partial charge in [-0.25, -0.2) is 0 Å². The van der Waals surface area contributed by atoms with E-state index in [4.69, 9.17) is 0 Å². The van der Waals surface area contributed by atoms with Crippen molar-refractivity contribution in [2.45, 2.75) is 56.2 Å². The van der Waals surface area contributed by atoms with Crippen LogP contribution in [0.5, 0.6) is 0 Å². The molecule has 0 aromatic rings. The minimum atomic E-state index is -1.43. The Morgan fingerprint density at radius 3 is 2.05 bits per heavy atom. The quantitative estimate of drug-likeness (QED) is 0.404. The number of aliphatic carboxylic acids is 2. The van der Waals surface area contributed by atoms with E-state index in [9.17, 15) is 19.8 Å². The molecule has 0 bridgehead atoms. The highest BCUT2D eigenvalue weighted by Crippen LogP contribution is 2.34. The molecule has 0 saturated heterocycles. The summed E-state index contributed by atoms with van der Waals surface area (Å²) in [6.07, 6.45) is 6.68. The molecule has 0 aliphatic carbocycles. The van der Waals surface area contributed by atoms with Crippen molar-refractivity contribution in [2.75, 3.05) is 5.33 Å². The molecule has 0 saturated carbocycles. The van der Waals surface area contributed by atoms with Crippen molar-refractivity contribution < 1.29 is 19.8 Å². The number of carboxylic acids is 2. The predicted octanol–water partition coefficient (Wildman–Crippen LogP) is 4.05. The highest BCUT2D eigenvalue weighted by Gasteiger charge is 2.46. The normalized spacial score (nSPS) is 15.7. The van der Waals surface area contributed by atoms with Crippen LogP contribution in [0.25, 0.3) is 0 Å². The summed E-state index contributed by atoms with van der Waals surface area (Å²) >= 11 is 6.18. The maximum atomic E-state index is 11.3. The lowest BCUT2D eigenvalue weighted by Gasteiger charge is -2.27. The molecule has 6 heteroatoms. The van der Waals surface area contributed by atoms with E-state index in [-0.39, 0.29) is 5.33 Å². The Balaban J connectivity index is 4.35. The number of carboxylic acid groups (broad SMARTS) is 2. The summed E-state index contributed by atoms with van der Waals surface area (Å²) in [5.41, 5.74) is 0. The van der Waals surface area contributed by atoms with Crippen LogP contribution in [-0.4, -0.2) is 31.8 Å². The molecule has 0 aromatic heterocycles. The fourth-order valence-corrected chi connectivity index (χ4v) is 3.03. The molecule has 4 nitrogen and oxygen atoms in total. The minimum Gasteiger partial charge on any atom is -0.481 e. The van der Waals surface area contributed by atoms with Gasteiger partial charge in [-0.15, -0.1) is 0 Å². The molecule has 0 spiro atoms. The molecule has 2 N–H and O–H groups in total. The van der Waals surface area contributed by atoms with Gasteiger partial charge in [-0.2, -0.15) is 0 Å². The van der Waals surface area contributed by atoms with Crippen LogP contribution < -0.4 is 0 Å². The molecule has 0 heterocycles. The Labute approximate surface area is 131 Å². The zero-order valence-electron chi connectivity index (χ0n) is 11.2. The van der Waals surface area contributed by atoms with Crippen LogP contribution in [0, 0.1) is 5.92 Å². The van der Waals surface area contributed by atoms with Crippen molar-refractivity contribution in [2.24, 2.45) is 5.92 Å². The summed E-state index contributed by atoms with van der Waals surface area (Å²) in [5.74, 6) is -3.12. The summed E-state index contributed by atoms with van der Waals surface area (Å²) in [5, 5.41) is 18.5. The van der Waals surface area contributed by atoms with Gasteiger partial charge in [0.15, 0.2) is 0 Å². The second-order valence-corrected chi connectivity index (χ2v) is 6.72. The van der Waals surface area contributed by atoms with Gasteiger partial charge in [0, 0.05) is 5.33 Å². The third-order valence-electron chi connectivity index (χ3n) is 3.25. The lowest BCUT2D eigenvalue weighted by Crippen LogP contribution is -2.45. The van der Waals surface area contributed by atoms with Crippen LogP contribution in [0.15, 0.2) is 0 Å². The molecule has 2 unspecified atom stereocenters. The summed E-state index contributed by atoms with van der Waals surface area (Å²) in [6, 6.07) is 0. The molecule has 0 fully saturated rings. The lowest BCUT2D eigenvalue weighted by atomic mass is 9.88. The average Bonchev–Trinajstić information content (AvgIpc) is 2.36. The zero-order valence-corrected chi connectivity index (χ0v) is 14.4. The first-order valence-corrected chi connectivity index (χ1v) is 8.52. The van der Waals surface area contributed by atoms with Gasteiger partial charge in [0.2, 0.25) is 0 Å². The van der Waals surface area contributed by atoms with Crippen molar-refractivity contribution in [3.63, 3.8) is 0 Å². The van der Waals surface area contributed by atoms with Gasteiger partial charge in [0.25, 0.3) is 0 Å². The average molecular weight is 402 g/mol. The zero-order chi connectivity index (χ0) is 14.9. The number of hydrogen-bond donors (Lipinski definition) is 2. The first-order valence-electron chi connectivity index (χ1n) is 6.61. The largest absolute Gasteiger partial charge is 0.481 e. The highest BCUT2D eigenvalue weighted by molar-refractivity contribution is 9.12. The SMILES string of the molecule is CCCCCCCCC(C(=O)O)C(Br)(CBr)C(=O)O.